The van der Waals surface area contributed by atoms with Gasteiger partial charge in [0.2, 0.25) is 0 Å². The Morgan fingerprint density at radius 3 is 2.28 bits per heavy atom. The smallest absolute Gasteiger partial charge is 0.337 e. The first kappa shape index (κ1) is 12.0. The third-order valence-electron chi connectivity index (χ3n) is 2.75. The zero-order valence-electron chi connectivity index (χ0n) is 9.96. The Kier molecular flexibility index (Phi) is 2.93. The molecule has 0 saturated carbocycles. The molecule has 0 atom stereocenters. The van der Waals surface area contributed by atoms with Crippen LogP contribution in [0.4, 0.5) is 11.5 Å². The molecule has 0 amide bonds. The molecule has 4 N–H and O–H groups in total. The molecular weight excluding hydrogens is 232 g/mol. The predicted octanol–water partition coefficient (Wildman–Crippen LogP) is 0.183. The molecule has 6 nitrogen and oxygen atoms in total. The standard InChI is InChI=1S/C12H14N4O2/c1-2-15-11(17)9(13)10(14)16(12(15)18)8-6-4-3-5-7-8/h3-7H,2,13-14H2,1H3. The van der Waals surface area contributed by atoms with E-state index in [2.05, 4.69) is 0 Å². The number of nitrogens with zero attached hydrogens (tertiary/aromatic N) is 2. The Morgan fingerprint density at radius 2 is 1.72 bits per heavy atom. The second-order valence-electron chi connectivity index (χ2n) is 3.80. The van der Waals surface area contributed by atoms with Crippen LogP contribution >= 0.6 is 0 Å². The van der Waals surface area contributed by atoms with E-state index in [9.17, 15) is 9.59 Å². The zero-order valence-corrected chi connectivity index (χ0v) is 9.96. The monoisotopic (exact) mass is 246 g/mol. The minimum atomic E-state index is -0.549. The van der Waals surface area contributed by atoms with Crippen molar-refractivity contribution >= 4 is 11.5 Å². The van der Waals surface area contributed by atoms with Gasteiger partial charge < -0.3 is 11.5 Å². The molecule has 0 radical (unpaired) electrons. The maximum Gasteiger partial charge on any atom is 0.337 e. The lowest BCUT2D eigenvalue weighted by Crippen LogP contribution is -2.41. The molecule has 2 rings (SSSR count). The molecule has 1 aromatic heterocycles. The molecule has 1 aromatic carbocycles. The lowest BCUT2D eigenvalue weighted by atomic mass is 10.3. The third kappa shape index (κ3) is 1.67. The summed E-state index contributed by atoms with van der Waals surface area (Å²) in [6.45, 7) is 1.95. The Labute approximate surface area is 103 Å². The summed E-state index contributed by atoms with van der Waals surface area (Å²) in [4.78, 5) is 24.0. The highest BCUT2D eigenvalue weighted by Crippen LogP contribution is 2.12. The summed E-state index contributed by atoms with van der Waals surface area (Å²) in [5, 5.41) is 0. The van der Waals surface area contributed by atoms with Gasteiger partial charge in [0.05, 0.1) is 5.69 Å². The Hall–Kier alpha value is -2.50. The SMILES string of the molecule is CCn1c(=O)c(N)c(N)n(-c2ccccc2)c1=O. The van der Waals surface area contributed by atoms with Gasteiger partial charge in [-0.05, 0) is 19.1 Å². The molecule has 0 fully saturated rings. The molecular formula is C12H14N4O2. The van der Waals surface area contributed by atoms with Crippen molar-refractivity contribution in [1.82, 2.24) is 9.13 Å². The molecule has 0 spiro atoms. The second kappa shape index (κ2) is 4.40. The first-order valence-electron chi connectivity index (χ1n) is 5.54. The first-order valence-corrected chi connectivity index (χ1v) is 5.54. The molecule has 1 heterocycles. The second-order valence-corrected chi connectivity index (χ2v) is 3.80. The fraction of sp³-hybridized carbons (Fsp3) is 0.167. The molecule has 94 valence electrons. The molecule has 0 aliphatic heterocycles. The van der Waals surface area contributed by atoms with E-state index in [4.69, 9.17) is 11.5 Å². The van der Waals surface area contributed by atoms with Crippen molar-refractivity contribution in [3.05, 3.63) is 51.2 Å². The van der Waals surface area contributed by atoms with Gasteiger partial charge in [0.1, 0.15) is 11.5 Å². The van der Waals surface area contributed by atoms with Crippen LogP contribution in [0, 0.1) is 0 Å². The average molecular weight is 246 g/mol. The van der Waals surface area contributed by atoms with Gasteiger partial charge in [-0.15, -0.1) is 0 Å². The minimum Gasteiger partial charge on any atom is -0.391 e. The number of aromatic nitrogens is 2. The molecule has 0 bridgehead atoms. The molecule has 0 saturated heterocycles. The Bertz CT molecular complexity index is 686. The summed E-state index contributed by atoms with van der Waals surface area (Å²) < 4.78 is 2.29. The number of hydrogen-bond acceptors (Lipinski definition) is 4. The van der Waals surface area contributed by atoms with Crippen molar-refractivity contribution in [3.8, 4) is 5.69 Å². The highest BCUT2D eigenvalue weighted by molar-refractivity contribution is 5.60. The lowest BCUT2D eigenvalue weighted by Gasteiger charge is -2.13. The number of anilines is 2. The fourth-order valence-corrected chi connectivity index (χ4v) is 1.79. The molecule has 6 heteroatoms. The van der Waals surface area contributed by atoms with Gasteiger partial charge in [0.15, 0.2) is 0 Å². The number of benzene rings is 1. The third-order valence-corrected chi connectivity index (χ3v) is 2.75. The van der Waals surface area contributed by atoms with Crippen LogP contribution in [0.25, 0.3) is 5.69 Å². The van der Waals surface area contributed by atoms with Gasteiger partial charge in [-0.2, -0.15) is 0 Å². The summed E-state index contributed by atoms with van der Waals surface area (Å²) in [5.74, 6) is -0.0269. The Morgan fingerprint density at radius 1 is 1.11 bits per heavy atom. The van der Waals surface area contributed by atoms with E-state index < -0.39 is 11.2 Å². The van der Waals surface area contributed by atoms with Crippen LogP contribution in [-0.2, 0) is 6.54 Å². The highest BCUT2D eigenvalue weighted by Gasteiger charge is 2.14. The maximum absolute atomic E-state index is 12.2. The van der Waals surface area contributed by atoms with Crippen molar-refractivity contribution in [2.24, 2.45) is 0 Å². The van der Waals surface area contributed by atoms with E-state index >= 15 is 0 Å². The molecule has 0 unspecified atom stereocenters. The van der Waals surface area contributed by atoms with Crippen molar-refractivity contribution in [3.63, 3.8) is 0 Å². The van der Waals surface area contributed by atoms with Gasteiger partial charge in [-0.25, -0.2) is 9.36 Å². The summed E-state index contributed by atoms with van der Waals surface area (Å²) in [6, 6.07) is 8.82. The van der Waals surface area contributed by atoms with E-state index in [1.54, 1.807) is 31.2 Å². The summed E-state index contributed by atoms with van der Waals surface area (Å²) in [7, 11) is 0. The van der Waals surface area contributed by atoms with Gasteiger partial charge >= 0.3 is 5.69 Å². The fourth-order valence-electron chi connectivity index (χ4n) is 1.79. The van der Waals surface area contributed by atoms with Crippen LogP contribution in [0.3, 0.4) is 0 Å². The molecule has 2 aromatic rings. The van der Waals surface area contributed by atoms with Gasteiger partial charge in [0, 0.05) is 6.54 Å². The average Bonchev–Trinajstić information content (AvgIpc) is 2.38. The van der Waals surface area contributed by atoms with E-state index in [0.717, 1.165) is 4.57 Å². The van der Waals surface area contributed by atoms with Gasteiger partial charge in [-0.1, -0.05) is 18.2 Å². The van der Waals surface area contributed by atoms with Crippen LogP contribution in [0.2, 0.25) is 0 Å². The van der Waals surface area contributed by atoms with Crippen molar-refractivity contribution in [1.29, 1.82) is 0 Å². The van der Waals surface area contributed by atoms with Crippen molar-refractivity contribution < 1.29 is 0 Å². The number of nitrogen functional groups attached to an aromatic ring is 2. The molecule has 0 aliphatic carbocycles. The van der Waals surface area contributed by atoms with Crippen LogP contribution in [0.5, 0.6) is 0 Å². The quantitative estimate of drug-likeness (QED) is 0.790. The van der Waals surface area contributed by atoms with E-state index in [-0.39, 0.29) is 18.1 Å². The highest BCUT2D eigenvalue weighted by atomic mass is 16.2. The normalized spacial score (nSPS) is 10.5. The maximum atomic E-state index is 12.2. The predicted molar refractivity (Wildman–Crippen MR) is 70.8 cm³/mol. The molecule has 0 aliphatic rings. The van der Waals surface area contributed by atoms with Crippen LogP contribution in [-0.4, -0.2) is 9.13 Å². The first-order chi connectivity index (χ1) is 8.57. The van der Waals surface area contributed by atoms with E-state index in [1.165, 1.54) is 4.57 Å². The summed E-state index contributed by atoms with van der Waals surface area (Å²) in [5.41, 5.74) is 10.8. The Balaban J connectivity index is 2.89. The van der Waals surface area contributed by atoms with Gasteiger partial charge in [-0.3, -0.25) is 9.36 Å². The van der Waals surface area contributed by atoms with Crippen molar-refractivity contribution in [2.45, 2.75) is 13.5 Å². The lowest BCUT2D eigenvalue weighted by molar-refractivity contribution is 0.653. The van der Waals surface area contributed by atoms with Crippen LogP contribution in [0.1, 0.15) is 6.92 Å². The summed E-state index contributed by atoms with van der Waals surface area (Å²) >= 11 is 0. The van der Waals surface area contributed by atoms with Crippen LogP contribution in [0.15, 0.2) is 39.9 Å². The number of nitrogens with two attached hydrogens (primary N) is 2. The molecule has 18 heavy (non-hydrogen) atoms. The number of hydrogen-bond donors (Lipinski definition) is 2. The zero-order chi connectivity index (χ0) is 13.3. The minimum absolute atomic E-state index is 0.0269. The largest absolute Gasteiger partial charge is 0.391 e. The number of para-hydroxylation sites is 1. The van der Waals surface area contributed by atoms with E-state index in [0.29, 0.717) is 5.69 Å². The van der Waals surface area contributed by atoms with Crippen molar-refractivity contribution in [2.75, 3.05) is 11.5 Å². The van der Waals surface area contributed by atoms with Gasteiger partial charge in [0.25, 0.3) is 5.56 Å². The van der Waals surface area contributed by atoms with Crippen LogP contribution < -0.4 is 22.7 Å². The number of rotatable bonds is 2. The summed E-state index contributed by atoms with van der Waals surface area (Å²) in [6.07, 6.45) is 0. The topological polar surface area (TPSA) is 96.0 Å². The van der Waals surface area contributed by atoms with E-state index in [1.807, 2.05) is 6.07 Å².